The van der Waals surface area contributed by atoms with Gasteiger partial charge in [-0.2, -0.15) is 0 Å². The van der Waals surface area contributed by atoms with Gasteiger partial charge in [-0.3, -0.25) is 14.4 Å². The molecular weight excluding hydrogens is 406 g/mol. The van der Waals surface area contributed by atoms with E-state index in [9.17, 15) is 14.4 Å². The molecule has 164 valence electrons. The summed E-state index contributed by atoms with van der Waals surface area (Å²) in [6.07, 6.45) is 4.06. The van der Waals surface area contributed by atoms with Crippen molar-refractivity contribution in [3.05, 3.63) is 84.1 Å². The van der Waals surface area contributed by atoms with Crippen molar-refractivity contribution >= 4 is 28.7 Å². The second-order valence-electron chi connectivity index (χ2n) is 8.30. The van der Waals surface area contributed by atoms with Gasteiger partial charge in [-0.05, 0) is 37.6 Å². The van der Waals surface area contributed by atoms with Gasteiger partial charge in [0, 0.05) is 23.5 Å². The minimum Gasteiger partial charge on any atom is -0.468 e. The molecule has 0 radical (unpaired) electrons. The maximum absolute atomic E-state index is 12.8. The van der Waals surface area contributed by atoms with Gasteiger partial charge in [0.25, 0.3) is 11.8 Å². The van der Waals surface area contributed by atoms with Crippen LogP contribution in [0.15, 0.2) is 67.4 Å². The van der Waals surface area contributed by atoms with Crippen LogP contribution in [0.5, 0.6) is 0 Å². The third-order valence-electron chi connectivity index (χ3n) is 5.90. The zero-order valence-corrected chi connectivity index (χ0v) is 18.3. The average Bonchev–Trinajstić information content (AvgIpc) is 3.30. The Morgan fingerprint density at radius 2 is 1.69 bits per heavy atom. The maximum atomic E-state index is 12.8. The Kier molecular flexibility index (Phi) is 5.44. The van der Waals surface area contributed by atoms with E-state index in [1.165, 1.54) is 7.11 Å². The maximum Gasteiger partial charge on any atom is 0.325 e. The van der Waals surface area contributed by atoms with E-state index in [1.54, 1.807) is 24.3 Å². The summed E-state index contributed by atoms with van der Waals surface area (Å²) in [5.41, 5.74) is 4.95. The van der Waals surface area contributed by atoms with E-state index in [1.807, 2.05) is 50.4 Å². The first-order valence-electron chi connectivity index (χ1n) is 10.3. The zero-order chi connectivity index (χ0) is 23.0. The molecule has 0 fully saturated rings. The van der Waals surface area contributed by atoms with Crippen LogP contribution in [0.4, 0.5) is 0 Å². The van der Waals surface area contributed by atoms with Crippen molar-refractivity contribution in [2.24, 2.45) is 0 Å². The highest BCUT2D eigenvalue weighted by molar-refractivity contribution is 6.21. The van der Waals surface area contributed by atoms with Gasteiger partial charge >= 0.3 is 5.97 Å². The van der Waals surface area contributed by atoms with Crippen molar-refractivity contribution < 1.29 is 19.1 Å². The van der Waals surface area contributed by atoms with Gasteiger partial charge in [-0.25, -0.2) is 10.4 Å². The number of ether oxygens (including phenoxy) is 1. The standard InChI is InChI=1S/C25H25N3O4/c1-5-25(2,3)27-15-16(17-10-8-9-13-21(17)27)14-20(24(31)32-4)26-28-22(29)18-11-6-7-12-19(18)23(28)30/h5-13,15,20,26H,1,14H2,2-4H3/t20-/m0/s1. The average molecular weight is 431 g/mol. The molecule has 2 aromatic carbocycles. The third kappa shape index (κ3) is 3.50. The molecule has 0 saturated carbocycles. The molecule has 1 aliphatic rings. The van der Waals surface area contributed by atoms with Crippen molar-refractivity contribution in [3.63, 3.8) is 0 Å². The van der Waals surface area contributed by atoms with Crippen molar-refractivity contribution in [2.45, 2.75) is 31.8 Å². The Morgan fingerprint density at radius 3 is 2.28 bits per heavy atom. The number of imide groups is 1. The fourth-order valence-electron chi connectivity index (χ4n) is 3.99. The van der Waals surface area contributed by atoms with E-state index in [2.05, 4.69) is 16.6 Å². The van der Waals surface area contributed by atoms with Gasteiger partial charge in [-0.1, -0.05) is 36.4 Å². The third-order valence-corrected chi connectivity index (χ3v) is 5.90. The topological polar surface area (TPSA) is 80.6 Å². The van der Waals surface area contributed by atoms with Gasteiger partial charge in [0.2, 0.25) is 0 Å². The zero-order valence-electron chi connectivity index (χ0n) is 18.3. The quantitative estimate of drug-likeness (QED) is 0.352. The number of nitrogens with one attached hydrogen (secondary N) is 1. The lowest BCUT2D eigenvalue weighted by Crippen LogP contribution is -2.52. The van der Waals surface area contributed by atoms with E-state index < -0.39 is 23.8 Å². The van der Waals surface area contributed by atoms with Gasteiger partial charge in [0.1, 0.15) is 6.04 Å². The molecule has 1 aliphatic heterocycles. The number of para-hydroxylation sites is 1. The lowest BCUT2D eigenvalue weighted by Gasteiger charge is -2.24. The minimum absolute atomic E-state index is 0.223. The summed E-state index contributed by atoms with van der Waals surface area (Å²) in [6.45, 7) is 8.04. The van der Waals surface area contributed by atoms with Gasteiger partial charge in [-0.15, -0.1) is 6.58 Å². The predicted molar refractivity (Wildman–Crippen MR) is 121 cm³/mol. The summed E-state index contributed by atoms with van der Waals surface area (Å²) in [4.78, 5) is 38.2. The molecule has 32 heavy (non-hydrogen) atoms. The van der Waals surface area contributed by atoms with E-state index in [4.69, 9.17) is 4.74 Å². The molecule has 7 nitrogen and oxygen atoms in total. The van der Waals surface area contributed by atoms with Crippen LogP contribution in [-0.4, -0.2) is 40.5 Å². The Labute approximate surface area is 186 Å². The van der Waals surface area contributed by atoms with Crippen molar-refractivity contribution in [1.82, 2.24) is 15.0 Å². The number of rotatable bonds is 7. The van der Waals surface area contributed by atoms with Crippen molar-refractivity contribution in [3.8, 4) is 0 Å². The Morgan fingerprint density at radius 1 is 1.09 bits per heavy atom. The highest BCUT2D eigenvalue weighted by Crippen LogP contribution is 2.29. The van der Waals surface area contributed by atoms with Crippen LogP contribution in [0.2, 0.25) is 0 Å². The first-order valence-corrected chi connectivity index (χ1v) is 10.3. The summed E-state index contributed by atoms with van der Waals surface area (Å²) in [5, 5.41) is 1.87. The first kappa shape index (κ1) is 21.5. The number of fused-ring (bicyclic) bond motifs is 2. The fraction of sp³-hybridized carbons (Fsp3) is 0.240. The molecule has 4 rings (SSSR count). The number of aromatic nitrogens is 1. The van der Waals surface area contributed by atoms with Gasteiger partial charge in [0.05, 0.1) is 23.8 Å². The number of amides is 2. The largest absolute Gasteiger partial charge is 0.468 e. The number of hydrazine groups is 1. The summed E-state index contributed by atoms with van der Waals surface area (Å²) in [5.74, 6) is -1.55. The smallest absolute Gasteiger partial charge is 0.325 e. The molecule has 1 aromatic heterocycles. The van der Waals surface area contributed by atoms with E-state index in [0.29, 0.717) is 11.1 Å². The van der Waals surface area contributed by atoms with Gasteiger partial charge < -0.3 is 9.30 Å². The van der Waals surface area contributed by atoms with Crippen LogP contribution in [0.25, 0.3) is 10.9 Å². The SMILES string of the molecule is C=CC(C)(C)n1cc(C[C@H](NN2C(=O)c3ccccc3C2=O)C(=O)OC)c2ccccc21. The summed E-state index contributed by atoms with van der Waals surface area (Å²) in [6, 6.07) is 13.5. The first-order chi connectivity index (χ1) is 15.3. The molecule has 3 aromatic rings. The highest BCUT2D eigenvalue weighted by Gasteiger charge is 2.38. The van der Waals surface area contributed by atoms with Crippen molar-refractivity contribution in [1.29, 1.82) is 0 Å². The molecule has 0 spiro atoms. The van der Waals surface area contributed by atoms with E-state index in [0.717, 1.165) is 21.5 Å². The Bertz CT molecular complexity index is 1210. The number of methoxy groups -OCH3 is 1. The second kappa shape index (κ2) is 8.09. The molecule has 0 saturated heterocycles. The van der Waals surface area contributed by atoms with Crippen LogP contribution < -0.4 is 5.43 Å². The number of hydrogen-bond donors (Lipinski definition) is 1. The predicted octanol–water partition coefficient (Wildman–Crippen LogP) is 3.45. The minimum atomic E-state index is -0.937. The highest BCUT2D eigenvalue weighted by atomic mass is 16.5. The summed E-state index contributed by atoms with van der Waals surface area (Å²) in [7, 11) is 1.28. The monoisotopic (exact) mass is 431 g/mol. The number of nitrogens with zero attached hydrogens (tertiary/aromatic N) is 2. The lowest BCUT2D eigenvalue weighted by atomic mass is 10.1. The molecule has 7 heteroatoms. The number of allylic oxidation sites excluding steroid dienone is 1. The van der Waals surface area contributed by atoms with Crippen LogP contribution in [-0.2, 0) is 21.5 Å². The second-order valence-corrected chi connectivity index (χ2v) is 8.30. The van der Waals surface area contributed by atoms with Crippen LogP contribution >= 0.6 is 0 Å². The lowest BCUT2D eigenvalue weighted by molar-refractivity contribution is -0.144. The number of benzene rings is 2. The van der Waals surface area contributed by atoms with Crippen molar-refractivity contribution in [2.75, 3.05) is 7.11 Å². The fourth-order valence-corrected chi connectivity index (χ4v) is 3.99. The summed E-state index contributed by atoms with van der Waals surface area (Å²) < 4.78 is 7.07. The van der Waals surface area contributed by atoms with Gasteiger partial charge in [0.15, 0.2) is 0 Å². The van der Waals surface area contributed by atoms with E-state index in [-0.39, 0.29) is 12.0 Å². The molecule has 0 unspecified atom stereocenters. The molecule has 0 bridgehead atoms. The molecular formula is C25H25N3O4. The molecule has 1 atom stereocenters. The molecule has 2 heterocycles. The molecule has 1 N–H and O–H groups in total. The number of carbonyl (C=O) groups is 3. The van der Waals surface area contributed by atoms with Crippen LogP contribution in [0.1, 0.15) is 40.1 Å². The summed E-state index contributed by atoms with van der Waals surface area (Å²) >= 11 is 0. The van der Waals surface area contributed by atoms with E-state index >= 15 is 0 Å². The number of hydrogen-bond acceptors (Lipinski definition) is 5. The molecule has 0 aliphatic carbocycles. The number of esters is 1. The van der Waals surface area contributed by atoms with Crippen LogP contribution in [0.3, 0.4) is 0 Å². The Balaban J connectivity index is 1.69. The van der Waals surface area contributed by atoms with Crippen LogP contribution in [0, 0.1) is 0 Å². The Hall–Kier alpha value is -3.71. The normalized spacial score (nSPS) is 14.5. The number of carbonyl (C=O) groups excluding carboxylic acids is 3. The molecule has 2 amide bonds.